The number of amides is 1. The second-order valence-corrected chi connectivity index (χ2v) is 10.1. The second-order valence-electron chi connectivity index (χ2n) is 8.18. The van der Waals surface area contributed by atoms with Crippen LogP contribution in [-0.2, 0) is 34.2 Å². The van der Waals surface area contributed by atoms with Crippen LogP contribution >= 0.6 is 0 Å². The molecular formula is C22H24N2O3S. The molecule has 5 rings (SSSR count). The third-order valence-electron chi connectivity index (χ3n) is 6.16. The summed E-state index contributed by atoms with van der Waals surface area (Å²) in [5.74, 6) is 0.347. The van der Waals surface area contributed by atoms with Gasteiger partial charge in [0.1, 0.15) is 0 Å². The SMILES string of the molecule is CC1Cc2cc(S(=O)(=O)N3CCc4ccccc4C3)ccc2N1C(=O)C1CC1. The molecule has 5 nitrogen and oxygen atoms in total. The van der Waals surface area contributed by atoms with Gasteiger partial charge in [-0.25, -0.2) is 8.42 Å². The number of carbonyl (C=O) groups is 1. The molecule has 0 bridgehead atoms. The maximum atomic E-state index is 13.3. The Kier molecular flexibility index (Phi) is 4.10. The van der Waals surface area contributed by atoms with Gasteiger partial charge in [-0.15, -0.1) is 0 Å². The number of nitrogens with zero attached hydrogens (tertiary/aromatic N) is 2. The predicted octanol–water partition coefficient (Wildman–Crippen LogP) is 3.12. The van der Waals surface area contributed by atoms with E-state index in [1.54, 1.807) is 16.4 Å². The van der Waals surface area contributed by atoms with E-state index in [0.717, 1.165) is 36.1 Å². The molecule has 0 N–H and O–H groups in total. The third-order valence-corrected chi connectivity index (χ3v) is 8.01. The Hall–Kier alpha value is -2.18. The molecule has 1 amide bonds. The van der Waals surface area contributed by atoms with Crippen molar-refractivity contribution in [3.05, 3.63) is 59.2 Å². The molecule has 0 radical (unpaired) electrons. The Morgan fingerprint density at radius 2 is 1.79 bits per heavy atom. The van der Waals surface area contributed by atoms with E-state index in [4.69, 9.17) is 0 Å². The zero-order chi connectivity index (χ0) is 19.5. The fourth-order valence-corrected chi connectivity index (χ4v) is 5.92. The molecule has 0 saturated heterocycles. The zero-order valence-electron chi connectivity index (χ0n) is 16.0. The monoisotopic (exact) mass is 396 g/mol. The molecule has 2 aliphatic heterocycles. The highest BCUT2D eigenvalue weighted by Gasteiger charge is 2.40. The number of rotatable bonds is 3. The first-order valence-electron chi connectivity index (χ1n) is 9.98. The molecule has 6 heteroatoms. The van der Waals surface area contributed by atoms with Gasteiger partial charge in [0.25, 0.3) is 0 Å². The number of hydrogen-bond donors (Lipinski definition) is 0. The zero-order valence-corrected chi connectivity index (χ0v) is 16.8. The summed E-state index contributed by atoms with van der Waals surface area (Å²) >= 11 is 0. The predicted molar refractivity (Wildman–Crippen MR) is 108 cm³/mol. The van der Waals surface area contributed by atoms with Crippen molar-refractivity contribution < 1.29 is 13.2 Å². The lowest BCUT2D eigenvalue weighted by Gasteiger charge is -2.28. The van der Waals surface area contributed by atoms with Crippen molar-refractivity contribution in [1.29, 1.82) is 0 Å². The Morgan fingerprint density at radius 1 is 1.04 bits per heavy atom. The van der Waals surface area contributed by atoms with E-state index in [0.29, 0.717) is 24.4 Å². The number of hydrogen-bond acceptors (Lipinski definition) is 3. The Balaban J connectivity index is 1.44. The minimum absolute atomic E-state index is 0.0860. The summed E-state index contributed by atoms with van der Waals surface area (Å²) < 4.78 is 28.1. The van der Waals surface area contributed by atoms with Crippen molar-refractivity contribution in [3.63, 3.8) is 0 Å². The molecule has 2 aromatic rings. The quantitative estimate of drug-likeness (QED) is 0.801. The van der Waals surface area contributed by atoms with Crippen molar-refractivity contribution in [1.82, 2.24) is 4.31 Å². The first kappa shape index (κ1) is 17.9. The normalized spacial score (nSPS) is 22.0. The minimum atomic E-state index is -3.56. The summed E-state index contributed by atoms with van der Waals surface area (Å²) in [5.41, 5.74) is 4.14. The van der Waals surface area contributed by atoms with Gasteiger partial charge in [0.05, 0.1) is 4.90 Å². The largest absolute Gasteiger partial charge is 0.309 e. The molecule has 0 spiro atoms. The lowest BCUT2D eigenvalue weighted by molar-refractivity contribution is -0.120. The number of anilines is 1. The molecule has 1 aliphatic carbocycles. The van der Waals surface area contributed by atoms with Crippen LogP contribution in [0.15, 0.2) is 47.4 Å². The van der Waals surface area contributed by atoms with E-state index in [1.165, 1.54) is 5.56 Å². The van der Waals surface area contributed by atoms with Gasteiger partial charge >= 0.3 is 0 Å². The highest BCUT2D eigenvalue weighted by Crippen LogP contribution is 2.40. The van der Waals surface area contributed by atoms with Gasteiger partial charge in [-0.1, -0.05) is 24.3 Å². The average Bonchev–Trinajstić information content (AvgIpc) is 3.49. The van der Waals surface area contributed by atoms with E-state index < -0.39 is 10.0 Å². The number of carbonyl (C=O) groups excluding carboxylic acids is 1. The van der Waals surface area contributed by atoms with Gasteiger partial charge in [0, 0.05) is 30.7 Å². The van der Waals surface area contributed by atoms with E-state index in [-0.39, 0.29) is 17.9 Å². The Bertz CT molecular complexity index is 1060. The van der Waals surface area contributed by atoms with Crippen LogP contribution in [0.1, 0.15) is 36.5 Å². The Morgan fingerprint density at radius 3 is 2.54 bits per heavy atom. The lowest BCUT2D eigenvalue weighted by Crippen LogP contribution is -2.36. The van der Waals surface area contributed by atoms with Crippen molar-refractivity contribution >= 4 is 21.6 Å². The summed E-state index contributed by atoms with van der Waals surface area (Å²) in [5, 5.41) is 0. The number of fused-ring (bicyclic) bond motifs is 2. The molecule has 0 aromatic heterocycles. The lowest BCUT2D eigenvalue weighted by atomic mass is 10.0. The van der Waals surface area contributed by atoms with Crippen LogP contribution in [0.4, 0.5) is 5.69 Å². The molecule has 146 valence electrons. The molecule has 1 unspecified atom stereocenters. The first-order valence-corrected chi connectivity index (χ1v) is 11.4. The highest BCUT2D eigenvalue weighted by molar-refractivity contribution is 7.89. The van der Waals surface area contributed by atoms with Crippen LogP contribution in [0.25, 0.3) is 0 Å². The Labute approximate surface area is 166 Å². The van der Waals surface area contributed by atoms with Crippen molar-refractivity contribution in [3.8, 4) is 0 Å². The molecule has 28 heavy (non-hydrogen) atoms. The van der Waals surface area contributed by atoms with Gasteiger partial charge in [-0.2, -0.15) is 4.31 Å². The highest BCUT2D eigenvalue weighted by atomic mass is 32.2. The van der Waals surface area contributed by atoms with Gasteiger partial charge in [-0.05, 0) is 67.5 Å². The van der Waals surface area contributed by atoms with Crippen LogP contribution in [-0.4, -0.2) is 31.2 Å². The fourth-order valence-electron chi connectivity index (χ4n) is 4.45. The number of sulfonamides is 1. The fraction of sp³-hybridized carbons (Fsp3) is 0.409. The van der Waals surface area contributed by atoms with E-state index in [2.05, 4.69) is 6.07 Å². The molecule has 2 aromatic carbocycles. The number of benzene rings is 2. The van der Waals surface area contributed by atoms with E-state index >= 15 is 0 Å². The van der Waals surface area contributed by atoms with Crippen LogP contribution < -0.4 is 4.90 Å². The summed E-state index contributed by atoms with van der Waals surface area (Å²) in [6, 6.07) is 13.4. The third kappa shape index (κ3) is 2.86. The second kappa shape index (κ2) is 6.42. The van der Waals surface area contributed by atoms with Gasteiger partial charge in [0.15, 0.2) is 0 Å². The van der Waals surface area contributed by atoms with E-state index in [9.17, 15) is 13.2 Å². The molecule has 3 aliphatic rings. The smallest absolute Gasteiger partial charge is 0.243 e. The van der Waals surface area contributed by atoms with Crippen LogP contribution in [0, 0.1) is 5.92 Å². The summed E-state index contributed by atoms with van der Waals surface area (Å²) in [7, 11) is -3.56. The molecule has 1 saturated carbocycles. The van der Waals surface area contributed by atoms with Gasteiger partial charge < -0.3 is 4.90 Å². The average molecular weight is 397 g/mol. The van der Waals surface area contributed by atoms with Gasteiger partial charge in [-0.3, -0.25) is 4.79 Å². The standard InChI is InChI=1S/C22H24N2O3S/c1-15-12-19-13-20(8-9-21(19)24(15)22(25)17-6-7-17)28(26,27)23-11-10-16-4-2-3-5-18(16)14-23/h2-5,8-9,13,15,17H,6-7,10-12,14H2,1H3. The van der Waals surface area contributed by atoms with Crippen LogP contribution in [0.3, 0.4) is 0 Å². The maximum Gasteiger partial charge on any atom is 0.243 e. The maximum absolute atomic E-state index is 13.3. The summed E-state index contributed by atoms with van der Waals surface area (Å²) in [4.78, 5) is 14.8. The first-order chi connectivity index (χ1) is 13.4. The molecule has 1 fully saturated rings. The van der Waals surface area contributed by atoms with Crippen LogP contribution in [0.2, 0.25) is 0 Å². The minimum Gasteiger partial charge on any atom is -0.309 e. The van der Waals surface area contributed by atoms with Crippen molar-refractivity contribution in [2.45, 2.75) is 50.1 Å². The molecule has 2 heterocycles. The van der Waals surface area contributed by atoms with Crippen molar-refractivity contribution in [2.75, 3.05) is 11.4 Å². The topological polar surface area (TPSA) is 57.7 Å². The van der Waals surface area contributed by atoms with E-state index in [1.807, 2.05) is 36.1 Å². The molecular weight excluding hydrogens is 372 g/mol. The van der Waals surface area contributed by atoms with Gasteiger partial charge in [0.2, 0.25) is 15.9 Å². The molecule has 1 atom stereocenters. The summed E-state index contributed by atoms with van der Waals surface area (Å²) in [6.07, 6.45) is 3.39. The van der Waals surface area contributed by atoms with Crippen LogP contribution in [0.5, 0.6) is 0 Å². The summed E-state index contributed by atoms with van der Waals surface area (Å²) in [6.45, 7) is 2.95. The van der Waals surface area contributed by atoms with Crippen molar-refractivity contribution in [2.24, 2.45) is 5.92 Å².